The van der Waals surface area contributed by atoms with Crippen molar-refractivity contribution in [2.24, 2.45) is 0 Å². The van der Waals surface area contributed by atoms with Crippen LogP contribution in [0, 0.1) is 11.3 Å². The highest BCUT2D eigenvalue weighted by Crippen LogP contribution is 2.32. The van der Waals surface area contributed by atoms with Crippen molar-refractivity contribution < 1.29 is 19.4 Å². The first-order valence-electron chi connectivity index (χ1n) is 8.65. The van der Waals surface area contributed by atoms with Gasteiger partial charge in [0.1, 0.15) is 17.1 Å². The van der Waals surface area contributed by atoms with Gasteiger partial charge in [0, 0.05) is 23.9 Å². The first kappa shape index (κ1) is 19.9. The highest BCUT2D eigenvalue weighted by atomic mass is 16.5. The topological polar surface area (TPSA) is 91.6 Å². The van der Waals surface area contributed by atoms with Crippen molar-refractivity contribution in [2.75, 3.05) is 18.5 Å². The van der Waals surface area contributed by atoms with Crippen LogP contribution < -0.4 is 14.8 Å². The number of para-hydroxylation sites is 1. The van der Waals surface area contributed by atoms with Crippen LogP contribution >= 0.6 is 0 Å². The number of nitrogens with one attached hydrogen (secondary N) is 1. The fourth-order valence-electron chi connectivity index (χ4n) is 2.54. The number of benzene rings is 2. The van der Waals surface area contributed by atoms with E-state index in [9.17, 15) is 15.2 Å². The van der Waals surface area contributed by atoms with Crippen LogP contribution in [0.4, 0.5) is 5.69 Å². The SMILES string of the molecule is CCOc1cc(C/C(C#N)=C/Nc2ccccc2)cc(OCC)c1C(=O)O. The summed E-state index contributed by atoms with van der Waals surface area (Å²) < 4.78 is 11.0. The van der Waals surface area contributed by atoms with E-state index < -0.39 is 5.97 Å². The van der Waals surface area contributed by atoms with E-state index in [1.165, 1.54) is 0 Å². The number of rotatable bonds is 9. The molecule has 2 aromatic carbocycles. The van der Waals surface area contributed by atoms with Crippen LogP contribution in [0.25, 0.3) is 0 Å². The molecule has 2 aromatic rings. The summed E-state index contributed by atoms with van der Waals surface area (Å²) in [5.41, 5.74) is 2.09. The molecule has 0 unspecified atom stereocenters. The summed E-state index contributed by atoms with van der Waals surface area (Å²) in [5, 5.41) is 22.0. The zero-order valence-corrected chi connectivity index (χ0v) is 15.4. The predicted molar refractivity (Wildman–Crippen MR) is 103 cm³/mol. The maximum absolute atomic E-state index is 11.6. The number of hydrogen-bond acceptors (Lipinski definition) is 5. The van der Waals surface area contributed by atoms with Crippen molar-refractivity contribution in [3.8, 4) is 17.6 Å². The molecule has 6 heteroatoms. The van der Waals surface area contributed by atoms with E-state index in [1.807, 2.05) is 30.3 Å². The number of hydrogen-bond donors (Lipinski definition) is 2. The van der Waals surface area contributed by atoms with Gasteiger partial charge in [-0.15, -0.1) is 0 Å². The Kier molecular flexibility index (Phi) is 7.26. The van der Waals surface area contributed by atoms with Gasteiger partial charge in [0.25, 0.3) is 0 Å². The molecule has 2 rings (SSSR count). The van der Waals surface area contributed by atoms with Gasteiger partial charge in [-0.2, -0.15) is 5.26 Å². The molecule has 0 aliphatic carbocycles. The first-order chi connectivity index (χ1) is 13.1. The van der Waals surface area contributed by atoms with Crippen LogP contribution in [-0.4, -0.2) is 24.3 Å². The molecular weight excluding hydrogens is 344 g/mol. The lowest BCUT2D eigenvalue weighted by atomic mass is 10.0. The number of anilines is 1. The molecule has 2 N–H and O–H groups in total. The van der Waals surface area contributed by atoms with E-state index in [0.717, 1.165) is 11.3 Å². The molecule has 0 radical (unpaired) electrons. The predicted octanol–water partition coefficient (Wildman–Crippen LogP) is 4.24. The van der Waals surface area contributed by atoms with E-state index in [-0.39, 0.29) is 17.1 Å². The third-order valence-electron chi connectivity index (χ3n) is 3.66. The van der Waals surface area contributed by atoms with Crippen LogP contribution in [0.15, 0.2) is 54.2 Å². The molecule has 0 atom stereocenters. The number of allylic oxidation sites excluding steroid dienone is 1. The average Bonchev–Trinajstić information content (AvgIpc) is 2.66. The highest BCUT2D eigenvalue weighted by Gasteiger charge is 2.20. The minimum atomic E-state index is -1.12. The summed E-state index contributed by atoms with van der Waals surface area (Å²) in [6.45, 7) is 4.21. The molecular formula is C21H22N2O4. The van der Waals surface area contributed by atoms with Crippen molar-refractivity contribution in [1.82, 2.24) is 0 Å². The number of carboxylic acid groups (broad SMARTS) is 1. The Hall–Kier alpha value is -3.46. The zero-order valence-electron chi connectivity index (χ0n) is 15.4. The van der Waals surface area contributed by atoms with E-state index in [1.54, 1.807) is 32.2 Å². The minimum absolute atomic E-state index is 0.00709. The molecule has 140 valence electrons. The summed E-state index contributed by atoms with van der Waals surface area (Å²) in [6, 6.07) is 14.9. The Morgan fingerprint density at radius 1 is 1.15 bits per heavy atom. The molecule has 0 saturated heterocycles. The number of aromatic carboxylic acids is 1. The maximum Gasteiger partial charge on any atom is 0.343 e. The molecule has 0 fully saturated rings. The van der Waals surface area contributed by atoms with Gasteiger partial charge in [0.15, 0.2) is 0 Å². The third-order valence-corrected chi connectivity index (χ3v) is 3.66. The van der Waals surface area contributed by atoms with Gasteiger partial charge in [-0.3, -0.25) is 0 Å². The Bertz CT molecular complexity index is 827. The quantitative estimate of drug-likeness (QED) is 0.645. The van der Waals surface area contributed by atoms with E-state index in [4.69, 9.17) is 9.47 Å². The standard InChI is InChI=1S/C21H22N2O4/c1-3-26-18-11-15(12-19(27-4-2)20(18)21(24)25)10-16(13-22)14-23-17-8-6-5-7-9-17/h5-9,11-12,14,23H,3-4,10H2,1-2H3,(H,24,25)/b16-14-. The molecule has 0 spiro atoms. The lowest BCUT2D eigenvalue weighted by Gasteiger charge is -2.15. The normalized spacial score (nSPS) is 10.8. The molecule has 0 amide bonds. The number of nitrogens with zero attached hydrogens (tertiary/aromatic N) is 1. The maximum atomic E-state index is 11.6. The smallest absolute Gasteiger partial charge is 0.343 e. The lowest BCUT2D eigenvalue weighted by molar-refractivity contribution is 0.0688. The number of nitriles is 1. The third kappa shape index (κ3) is 5.51. The average molecular weight is 366 g/mol. The Labute approximate surface area is 158 Å². The lowest BCUT2D eigenvalue weighted by Crippen LogP contribution is -2.08. The van der Waals surface area contributed by atoms with Gasteiger partial charge in [0.2, 0.25) is 0 Å². The fraction of sp³-hybridized carbons (Fsp3) is 0.238. The summed E-state index contributed by atoms with van der Waals surface area (Å²) in [7, 11) is 0. The molecule has 0 heterocycles. The van der Waals surface area contributed by atoms with Crippen LogP contribution in [0.2, 0.25) is 0 Å². The van der Waals surface area contributed by atoms with Crippen LogP contribution in [0.5, 0.6) is 11.5 Å². The van der Waals surface area contributed by atoms with Crippen molar-refractivity contribution in [3.63, 3.8) is 0 Å². The molecule has 6 nitrogen and oxygen atoms in total. The molecule has 0 saturated carbocycles. The summed E-state index contributed by atoms with van der Waals surface area (Å²) in [5.74, 6) is -0.645. The molecule has 27 heavy (non-hydrogen) atoms. The van der Waals surface area contributed by atoms with Crippen molar-refractivity contribution in [3.05, 3.63) is 65.4 Å². The van der Waals surface area contributed by atoms with Crippen LogP contribution in [-0.2, 0) is 6.42 Å². The van der Waals surface area contributed by atoms with Gasteiger partial charge in [-0.05, 0) is 43.7 Å². The van der Waals surface area contributed by atoms with Gasteiger partial charge in [-0.25, -0.2) is 4.79 Å². The van der Waals surface area contributed by atoms with Crippen molar-refractivity contribution in [1.29, 1.82) is 5.26 Å². The van der Waals surface area contributed by atoms with E-state index in [0.29, 0.717) is 25.2 Å². The van der Waals surface area contributed by atoms with Crippen LogP contribution in [0.3, 0.4) is 0 Å². The first-order valence-corrected chi connectivity index (χ1v) is 8.65. The molecule has 0 aromatic heterocycles. The fourth-order valence-corrected chi connectivity index (χ4v) is 2.54. The summed E-state index contributed by atoms with van der Waals surface area (Å²) in [4.78, 5) is 11.6. The van der Waals surface area contributed by atoms with Gasteiger partial charge in [-0.1, -0.05) is 18.2 Å². The number of carbonyl (C=O) groups is 1. The Morgan fingerprint density at radius 3 is 2.22 bits per heavy atom. The Morgan fingerprint density at radius 2 is 1.74 bits per heavy atom. The second-order valence-corrected chi connectivity index (χ2v) is 5.61. The molecule has 0 bridgehead atoms. The Balaban J connectivity index is 2.33. The largest absolute Gasteiger partial charge is 0.493 e. The second-order valence-electron chi connectivity index (χ2n) is 5.61. The number of ether oxygens (including phenoxy) is 2. The summed E-state index contributed by atoms with van der Waals surface area (Å²) in [6.07, 6.45) is 1.96. The van der Waals surface area contributed by atoms with Gasteiger partial charge < -0.3 is 19.9 Å². The van der Waals surface area contributed by atoms with E-state index in [2.05, 4.69) is 11.4 Å². The monoisotopic (exact) mass is 366 g/mol. The highest BCUT2D eigenvalue weighted by molar-refractivity contribution is 5.94. The zero-order chi connectivity index (χ0) is 19.6. The van der Waals surface area contributed by atoms with Crippen molar-refractivity contribution in [2.45, 2.75) is 20.3 Å². The van der Waals surface area contributed by atoms with E-state index >= 15 is 0 Å². The van der Waals surface area contributed by atoms with Gasteiger partial charge in [0.05, 0.1) is 19.3 Å². The summed E-state index contributed by atoms with van der Waals surface area (Å²) >= 11 is 0. The minimum Gasteiger partial charge on any atom is -0.493 e. The molecule has 0 aliphatic heterocycles. The van der Waals surface area contributed by atoms with Crippen molar-refractivity contribution >= 4 is 11.7 Å². The second kappa shape index (κ2) is 9.88. The molecule has 0 aliphatic rings. The van der Waals surface area contributed by atoms with Crippen LogP contribution in [0.1, 0.15) is 29.8 Å². The van der Waals surface area contributed by atoms with Gasteiger partial charge >= 0.3 is 5.97 Å². The number of carboxylic acids is 1.